The highest BCUT2D eigenvalue weighted by atomic mass is 35.5. The topological polar surface area (TPSA) is 105 Å². The summed E-state index contributed by atoms with van der Waals surface area (Å²) in [5.41, 5.74) is 1.34. The van der Waals surface area contributed by atoms with Gasteiger partial charge in [-0.1, -0.05) is 39.3 Å². The average molecular weight is 493 g/mol. The van der Waals surface area contributed by atoms with Crippen LogP contribution < -0.4 is 10.6 Å². The molecule has 2 heterocycles. The van der Waals surface area contributed by atoms with Gasteiger partial charge in [-0.2, -0.15) is 0 Å². The Balaban J connectivity index is 0.00000137. The molecule has 3 rings (SSSR count). The smallest absolute Gasteiger partial charge is 0.408 e. The maximum Gasteiger partial charge on any atom is 0.408 e. The van der Waals surface area contributed by atoms with Crippen LogP contribution in [0.3, 0.4) is 0 Å². The molecular formula is C25H37ClN4O4. The molecule has 0 fully saturated rings. The number of rotatable bonds is 6. The zero-order valence-electron chi connectivity index (χ0n) is 21.3. The molecular weight excluding hydrogens is 456 g/mol. The number of ether oxygens (including phenoxy) is 2. The summed E-state index contributed by atoms with van der Waals surface area (Å²) in [6.45, 7) is 15.5. The molecule has 0 aliphatic rings. The van der Waals surface area contributed by atoms with Crippen LogP contribution in [0, 0.1) is 0 Å². The van der Waals surface area contributed by atoms with E-state index in [0.717, 1.165) is 16.3 Å². The minimum absolute atomic E-state index is 0.00189. The van der Waals surface area contributed by atoms with Crippen LogP contribution in [0.4, 0.5) is 10.5 Å². The van der Waals surface area contributed by atoms with Gasteiger partial charge >= 0.3 is 6.09 Å². The van der Waals surface area contributed by atoms with Crippen LogP contribution in [0.1, 0.15) is 55.4 Å². The van der Waals surface area contributed by atoms with Gasteiger partial charge in [0.05, 0.1) is 29.5 Å². The highest BCUT2D eigenvalue weighted by Gasteiger charge is 2.25. The minimum Gasteiger partial charge on any atom is -0.444 e. The Morgan fingerprint density at radius 3 is 2.44 bits per heavy atom. The van der Waals surface area contributed by atoms with Crippen LogP contribution in [0.15, 0.2) is 30.6 Å². The van der Waals surface area contributed by atoms with E-state index >= 15 is 0 Å². The first-order chi connectivity index (χ1) is 16.2. The Morgan fingerprint density at radius 2 is 1.82 bits per heavy atom. The summed E-state index contributed by atoms with van der Waals surface area (Å²) in [6, 6.07) is 4.40. The fraction of sp³-hybridized carbons (Fsp3) is 0.480. The summed E-state index contributed by atoms with van der Waals surface area (Å²) < 4.78 is 10.6. The summed E-state index contributed by atoms with van der Waals surface area (Å²) >= 11 is 6.29. The van der Waals surface area contributed by atoms with E-state index in [1.807, 2.05) is 46.8 Å². The van der Waals surface area contributed by atoms with E-state index in [1.54, 1.807) is 39.2 Å². The lowest BCUT2D eigenvalue weighted by atomic mass is 10.1. The Kier molecular flexibility index (Phi) is 11.8. The number of nitrogens with zero attached hydrogens (tertiary/aromatic N) is 1. The fourth-order valence-corrected chi connectivity index (χ4v) is 3.22. The van der Waals surface area contributed by atoms with Gasteiger partial charge in [-0.05, 0) is 45.9 Å². The number of H-pyrrole nitrogens is 1. The zero-order valence-corrected chi connectivity index (χ0v) is 22.1. The number of aromatic nitrogens is 2. The van der Waals surface area contributed by atoms with Crippen LogP contribution in [0.5, 0.6) is 0 Å². The summed E-state index contributed by atoms with van der Waals surface area (Å²) in [5, 5.41) is 7.67. The molecule has 1 aromatic carbocycles. The summed E-state index contributed by atoms with van der Waals surface area (Å²) in [6.07, 6.45) is 2.70. The number of alkyl carbamates (subject to hydrolysis) is 1. The first kappa shape index (κ1) is 29.2. The highest BCUT2D eigenvalue weighted by Crippen LogP contribution is 2.33. The Morgan fingerprint density at radius 1 is 1.15 bits per heavy atom. The maximum atomic E-state index is 13.0. The van der Waals surface area contributed by atoms with Crippen LogP contribution in [-0.4, -0.2) is 46.8 Å². The predicted molar refractivity (Wildman–Crippen MR) is 140 cm³/mol. The van der Waals surface area contributed by atoms with E-state index in [0.29, 0.717) is 22.8 Å². The second kappa shape index (κ2) is 13.8. The van der Waals surface area contributed by atoms with Crippen LogP contribution >= 0.6 is 11.6 Å². The third-order valence-corrected chi connectivity index (χ3v) is 4.45. The molecule has 3 aromatic rings. The number of benzene rings is 1. The second-order valence-electron chi connectivity index (χ2n) is 7.77. The van der Waals surface area contributed by atoms with E-state index < -0.39 is 23.6 Å². The molecule has 0 bridgehead atoms. The Bertz CT molecular complexity index is 1080. The number of anilines is 1. The molecule has 3 N–H and O–H groups in total. The molecule has 188 valence electrons. The molecule has 8 nitrogen and oxygen atoms in total. The lowest BCUT2D eigenvalue weighted by molar-refractivity contribution is -0.119. The van der Waals surface area contributed by atoms with Gasteiger partial charge in [0, 0.05) is 28.6 Å². The number of nitrogens with one attached hydrogen (secondary N) is 3. The molecule has 0 radical (unpaired) electrons. The molecule has 0 saturated heterocycles. The van der Waals surface area contributed by atoms with Crippen molar-refractivity contribution in [2.24, 2.45) is 0 Å². The van der Waals surface area contributed by atoms with Crippen molar-refractivity contribution in [3.05, 3.63) is 35.6 Å². The molecule has 2 aromatic heterocycles. The van der Waals surface area contributed by atoms with Gasteiger partial charge in [0.1, 0.15) is 11.6 Å². The fourth-order valence-electron chi connectivity index (χ4n) is 3.00. The Hall–Kier alpha value is -2.84. The molecule has 9 heteroatoms. The lowest BCUT2D eigenvalue weighted by Crippen LogP contribution is -2.48. The van der Waals surface area contributed by atoms with E-state index in [1.165, 1.54) is 0 Å². The molecule has 0 aliphatic carbocycles. The number of halogens is 1. The molecule has 0 saturated carbocycles. The number of hydrogen-bond acceptors (Lipinski definition) is 5. The largest absolute Gasteiger partial charge is 0.444 e. The van der Waals surface area contributed by atoms with Crippen molar-refractivity contribution < 1.29 is 19.1 Å². The van der Waals surface area contributed by atoms with Gasteiger partial charge in [-0.25, -0.2) is 4.79 Å². The zero-order chi connectivity index (χ0) is 25.9. The van der Waals surface area contributed by atoms with Gasteiger partial charge in [-0.15, -0.1) is 0 Å². The minimum atomic E-state index is -0.945. The first-order valence-corrected chi connectivity index (χ1v) is 12.0. The molecule has 1 atom stereocenters. The van der Waals surface area contributed by atoms with Gasteiger partial charge in [0.2, 0.25) is 5.91 Å². The SMILES string of the molecule is CC.CC.CCOCC(NC(=O)OC(C)(C)C)C(=O)Nc1cc(Cl)cc2c1[nH]c1cnccc12. The second-order valence-corrected chi connectivity index (χ2v) is 8.21. The monoisotopic (exact) mass is 492 g/mol. The number of pyridine rings is 1. The molecule has 0 aliphatic heterocycles. The van der Waals surface area contributed by atoms with Gasteiger partial charge < -0.3 is 25.1 Å². The molecule has 34 heavy (non-hydrogen) atoms. The lowest BCUT2D eigenvalue weighted by Gasteiger charge is -2.23. The van der Waals surface area contributed by atoms with E-state index in [-0.39, 0.29) is 6.61 Å². The van der Waals surface area contributed by atoms with Crippen molar-refractivity contribution in [3.63, 3.8) is 0 Å². The number of amides is 2. The van der Waals surface area contributed by atoms with E-state index in [9.17, 15) is 9.59 Å². The number of fused-ring (bicyclic) bond motifs is 3. The summed E-state index contributed by atoms with van der Waals surface area (Å²) in [7, 11) is 0. The highest BCUT2D eigenvalue weighted by molar-refractivity contribution is 6.33. The van der Waals surface area contributed by atoms with Crippen LogP contribution in [-0.2, 0) is 14.3 Å². The van der Waals surface area contributed by atoms with Crippen LogP contribution in [0.25, 0.3) is 21.8 Å². The van der Waals surface area contributed by atoms with Gasteiger partial charge in [-0.3, -0.25) is 9.78 Å². The third-order valence-electron chi connectivity index (χ3n) is 4.23. The third kappa shape index (κ3) is 8.18. The van der Waals surface area contributed by atoms with Crippen molar-refractivity contribution in [2.45, 2.75) is 67.0 Å². The normalized spacial score (nSPS) is 11.6. The molecule has 1 unspecified atom stereocenters. The summed E-state index contributed by atoms with van der Waals surface area (Å²) in [5.74, 6) is -0.449. The van der Waals surface area contributed by atoms with Crippen molar-refractivity contribution in [1.29, 1.82) is 0 Å². The maximum absolute atomic E-state index is 13.0. The molecule has 0 spiro atoms. The number of carbonyl (C=O) groups excluding carboxylic acids is 2. The van der Waals surface area contributed by atoms with E-state index in [4.69, 9.17) is 21.1 Å². The van der Waals surface area contributed by atoms with Crippen molar-refractivity contribution in [1.82, 2.24) is 15.3 Å². The summed E-state index contributed by atoms with van der Waals surface area (Å²) in [4.78, 5) is 32.5. The van der Waals surface area contributed by atoms with Gasteiger partial charge in [0.25, 0.3) is 0 Å². The Labute approximate surface area is 206 Å². The average Bonchev–Trinajstić information content (AvgIpc) is 3.17. The number of aromatic amines is 1. The molecule has 2 amide bonds. The number of carbonyl (C=O) groups is 2. The van der Waals surface area contributed by atoms with Gasteiger partial charge in [0.15, 0.2) is 0 Å². The number of hydrogen-bond donors (Lipinski definition) is 3. The van der Waals surface area contributed by atoms with Crippen molar-refractivity contribution in [3.8, 4) is 0 Å². The first-order valence-electron chi connectivity index (χ1n) is 11.6. The standard InChI is InChI=1S/C21H25ClN4O4.2C2H6/c1-5-29-11-17(26-20(28)30-21(2,3)4)19(27)25-15-9-12(22)8-14-13-6-7-23-10-16(13)24-18(14)15;2*1-2/h6-10,17,24H,5,11H2,1-4H3,(H,25,27)(H,26,28);2*1-2H3. The van der Waals surface area contributed by atoms with Crippen LogP contribution in [0.2, 0.25) is 5.02 Å². The van der Waals surface area contributed by atoms with Crippen molar-refractivity contribution >= 4 is 51.1 Å². The predicted octanol–water partition coefficient (Wildman–Crippen LogP) is 6.29. The van der Waals surface area contributed by atoms with Crippen molar-refractivity contribution in [2.75, 3.05) is 18.5 Å². The van der Waals surface area contributed by atoms with E-state index in [2.05, 4.69) is 20.6 Å². The quantitative estimate of drug-likeness (QED) is 0.375.